The molecule has 0 N–H and O–H groups in total. The van der Waals surface area contributed by atoms with Gasteiger partial charge in [-0.15, -0.1) is 0 Å². The van der Waals surface area contributed by atoms with Gasteiger partial charge in [-0.2, -0.15) is 0 Å². The Kier molecular flexibility index (Phi) is 5.34. The summed E-state index contributed by atoms with van der Waals surface area (Å²) in [6.45, 7) is 2.66. The third-order valence-corrected chi connectivity index (χ3v) is 5.63. The van der Waals surface area contributed by atoms with Gasteiger partial charge in [-0.05, 0) is 24.5 Å². The van der Waals surface area contributed by atoms with Crippen molar-refractivity contribution in [2.75, 3.05) is 26.3 Å². The Morgan fingerprint density at radius 2 is 1.70 bits per heavy atom. The van der Waals surface area contributed by atoms with Crippen LogP contribution in [0.5, 0.6) is 6.01 Å². The fourth-order valence-corrected chi connectivity index (χ4v) is 4.08. The highest BCUT2D eigenvalue weighted by Crippen LogP contribution is 2.37. The lowest BCUT2D eigenvalue weighted by Crippen LogP contribution is -2.53. The third kappa shape index (κ3) is 3.81. The fourth-order valence-electron chi connectivity index (χ4n) is 4.08. The van der Waals surface area contributed by atoms with Crippen LogP contribution in [0.25, 0.3) is 0 Å². The van der Waals surface area contributed by atoms with Crippen molar-refractivity contribution < 1.29 is 14.3 Å². The molecule has 4 rings (SSSR count). The van der Waals surface area contributed by atoms with Crippen LogP contribution in [0.3, 0.4) is 0 Å². The molecule has 6 nitrogen and oxygen atoms in total. The van der Waals surface area contributed by atoms with Crippen LogP contribution in [0.15, 0.2) is 48.8 Å². The highest BCUT2D eigenvalue weighted by atomic mass is 16.5. The molecule has 6 heteroatoms. The number of benzene rings is 1. The van der Waals surface area contributed by atoms with Crippen molar-refractivity contribution in [3.63, 3.8) is 0 Å². The number of amides is 1. The van der Waals surface area contributed by atoms with E-state index in [0.717, 1.165) is 31.2 Å². The predicted molar refractivity (Wildman–Crippen MR) is 100 cm³/mol. The topological polar surface area (TPSA) is 64.6 Å². The van der Waals surface area contributed by atoms with E-state index in [0.29, 0.717) is 32.3 Å². The lowest BCUT2D eigenvalue weighted by Gasteiger charge is -2.42. The summed E-state index contributed by atoms with van der Waals surface area (Å²) in [6, 6.07) is 12.4. The van der Waals surface area contributed by atoms with E-state index in [1.165, 1.54) is 0 Å². The number of ether oxygens (including phenoxy) is 2. The second-order valence-electron chi connectivity index (χ2n) is 7.20. The van der Waals surface area contributed by atoms with Gasteiger partial charge >= 0.3 is 6.01 Å². The Bertz CT molecular complexity index is 740. The molecule has 1 aromatic heterocycles. The molecule has 1 aromatic carbocycles. The molecule has 2 aromatic rings. The molecule has 0 unspecified atom stereocenters. The van der Waals surface area contributed by atoms with Gasteiger partial charge in [0.25, 0.3) is 0 Å². The maximum atomic E-state index is 13.5. The van der Waals surface area contributed by atoms with Crippen molar-refractivity contribution in [3.8, 4) is 6.01 Å². The number of hydrogen-bond donors (Lipinski definition) is 0. The summed E-state index contributed by atoms with van der Waals surface area (Å²) in [6.07, 6.45) is 6.48. The zero-order valence-electron chi connectivity index (χ0n) is 15.4. The first-order chi connectivity index (χ1) is 13.3. The molecular formula is C21H25N3O3. The summed E-state index contributed by atoms with van der Waals surface area (Å²) in [5.41, 5.74) is 0.643. The maximum Gasteiger partial charge on any atom is 0.316 e. The fraction of sp³-hybridized carbons (Fsp3) is 0.476. The molecule has 2 aliphatic heterocycles. The summed E-state index contributed by atoms with van der Waals surface area (Å²) in [5, 5.41) is 0. The molecule has 2 fully saturated rings. The van der Waals surface area contributed by atoms with E-state index < -0.39 is 5.41 Å². The minimum atomic E-state index is -0.463. The van der Waals surface area contributed by atoms with Crippen LogP contribution in [-0.2, 0) is 14.9 Å². The highest BCUT2D eigenvalue weighted by molar-refractivity contribution is 5.88. The van der Waals surface area contributed by atoms with Gasteiger partial charge in [0.05, 0.1) is 5.41 Å². The number of carbonyl (C=O) groups excluding carboxylic acids is 1. The van der Waals surface area contributed by atoms with Gasteiger partial charge in [-0.25, -0.2) is 9.97 Å². The average molecular weight is 367 g/mol. The van der Waals surface area contributed by atoms with Gasteiger partial charge in [0.1, 0.15) is 6.10 Å². The van der Waals surface area contributed by atoms with Crippen LogP contribution >= 0.6 is 0 Å². The minimum Gasteiger partial charge on any atom is -0.460 e. The lowest BCUT2D eigenvalue weighted by atomic mass is 9.72. The minimum absolute atomic E-state index is 0.0545. The van der Waals surface area contributed by atoms with Crippen molar-refractivity contribution in [1.29, 1.82) is 0 Å². The molecular weight excluding hydrogens is 342 g/mol. The summed E-state index contributed by atoms with van der Waals surface area (Å²) < 4.78 is 11.4. The van der Waals surface area contributed by atoms with E-state index >= 15 is 0 Å². The predicted octanol–water partition coefficient (Wildman–Crippen LogP) is 2.59. The van der Waals surface area contributed by atoms with Gasteiger partial charge in [0, 0.05) is 51.5 Å². The Morgan fingerprint density at radius 3 is 2.37 bits per heavy atom. The zero-order chi connectivity index (χ0) is 18.5. The number of carbonyl (C=O) groups is 1. The highest BCUT2D eigenvalue weighted by Gasteiger charge is 2.44. The number of hydrogen-bond acceptors (Lipinski definition) is 5. The van der Waals surface area contributed by atoms with Crippen molar-refractivity contribution in [2.45, 2.75) is 37.2 Å². The maximum absolute atomic E-state index is 13.5. The number of likely N-dealkylation sites (tertiary alicyclic amines) is 1. The lowest BCUT2D eigenvalue weighted by molar-refractivity contribution is -0.143. The van der Waals surface area contributed by atoms with E-state index in [9.17, 15) is 4.79 Å². The quantitative estimate of drug-likeness (QED) is 0.831. The van der Waals surface area contributed by atoms with Gasteiger partial charge in [-0.1, -0.05) is 30.3 Å². The Balaban J connectivity index is 1.44. The summed E-state index contributed by atoms with van der Waals surface area (Å²) in [4.78, 5) is 23.8. The van der Waals surface area contributed by atoms with E-state index in [2.05, 4.69) is 22.1 Å². The van der Waals surface area contributed by atoms with Crippen LogP contribution in [-0.4, -0.2) is 53.2 Å². The first kappa shape index (κ1) is 17.9. The molecule has 0 atom stereocenters. The molecule has 0 radical (unpaired) electrons. The summed E-state index contributed by atoms with van der Waals surface area (Å²) in [7, 11) is 0. The third-order valence-electron chi connectivity index (χ3n) is 5.63. The second-order valence-corrected chi connectivity index (χ2v) is 7.20. The molecule has 2 saturated heterocycles. The van der Waals surface area contributed by atoms with Crippen molar-refractivity contribution in [3.05, 3.63) is 54.4 Å². The molecule has 27 heavy (non-hydrogen) atoms. The SMILES string of the molecule is O=C(N1CCC(Oc2ncccn2)CC1)C1(c2ccccc2)CCOCC1. The molecule has 0 saturated carbocycles. The molecule has 0 spiro atoms. The van der Waals surface area contributed by atoms with Crippen molar-refractivity contribution in [1.82, 2.24) is 14.9 Å². The number of piperidine rings is 1. The largest absolute Gasteiger partial charge is 0.460 e. The van der Waals surface area contributed by atoms with Gasteiger partial charge in [0.2, 0.25) is 5.91 Å². The van der Waals surface area contributed by atoms with E-state index in [1.54, 1.807) is 18.5 Å². The van der Waals surface area contributed by atoms with Crippen molar-refractivity contribution >= 4 is 5.91 Å². The van der Waals surface area contributed by atoms with E-state index in [1.807, 2.05) is 23.1 Å². The molecule has 1 amide bonds. The van der Waals surface area contributed by atoms with Crippen LogP contribution < -0.4 is 4.74 Å². The Morgan fingerprint density at radius 1 is 1.04 bits per heavy atom. The summed E-state index contributed by atoms with van der Waals surface area (Å²) >= 11 is 0. The monoisotopic (exact) mass is 367 g/mol. The number of rotatable bonds is 4. The second kappa shape index (κ2) is 8.05. The number of aromatic nitrogens is 2. The average Bonchev–Trinajstić information content (AvgIpc) is 2.76. The normalized spacial score (nSPS) is 20.2. The van der Waals surface area contributed by atoms with Gasteiger partial charge < -0.3 is 14.4 Å². The summed E-state index contributed by atoms with van der Waals surface area (Å²) in [5.74, 6) is 0.228. The zero-order valence-corrected chi connectivity index (χ0v) is 15.4. The smallest absolute Gasteiger partial charge is 0.316 e. The van der Waals surface area contributed by atoms with Crippen LogP contribution in [0.1, 0.15) is 31.2 Å². The first-order valence-electron chi connectivity index (χ1n) is 9.64. The molecule has 0 bridgehead atoms. The molecule has 2 aliphatic rings. The van der Waals surface area contributed by atoms with Crippen LogP contribution in [0.4, 0.5) is 0 Å². The molecule has 3 heterocycles. The van der Waals surface area contributed by atoms with E-state index in [-0.39, 0.29) is 12.0 Å². The van der Waals surface area contributed by atoms with Crippen molar-refractivity contribution in [2.24, 2.45) is 0 Å². The van der Waals surface area contributed by atoms with Crippen LogP contribution in [0, 0.1) is 0 Å². The molecule has 0 aliphatic carbocycles. The van der Waals surface area contributed by atoms with Gasteiger partial charge in [-0.3, -0.25) is 4.79 Å². The van der Waals surface area contributed by atoms with E-state index in [4.69, 9.17) is 9.47 Å². The Hall–Kier alpha value is -2.47. The first-order valence-corrected chi connectivity index (χ1v) is 9.64. The molecule has 142 valence electrons. The van der Waals surface area contributed by atoms with Crippen LogP contribution in [0.2, 0.25) is 0 Å². The van der Waals surface area contributed by atoms with Gasteiger partial charge in [0.15, 0.2) is 0 Å². The standard InChI is InChI=1S/C21H25N3O3/c25-19(21(9-15-26-16-10-21)17-5-2-1-3-6-17)24-13-7-18(8-14-24)27-20-22-11-4-12-23-20/h1-6,11-12,18H,7-10,13-16H2. The Labute approximate surface area is 159 Å². The number of nitrogens with zero attached hydrogens (tertiary/aromatic N) is 3.